The van der Waals surface area contributed by atoms with Gasteiger partial charge in [0.15, 0.2) is 0 Å². The molecule has 0 radical (unpaired) electrons. The molecule has 164 valence electrons. The maximum absolute atomic E-state index is 13.5. The van der Waals surface area contributed by atoms with Crippen LogP contribution >= 0.6 is 0 Å². The Balaban J connectivity index is 1.20. The van der Waals surface area contributed by atoms with E-state index in [9.17, 15) is 4.39 Å². The molecule has 2 heterocycles. The Labute approximate surface area is 189 Å². The van der Waals surface area contributed by atoms with Crippen molar-refractivity contribution in [1.29, 1.82) is 0 Å². The van der Waals surface area contributed by atoms with E-state index in [2.05, 4.69) is 65.8 Å². The van der Waals surface area contributed by atoms with Gasteiger partial charge in [0.25, 0.3) is 0 Å². The van der Waals surface area contributed by atoms with Crippen LogP contribution in [-0.4, -0.2) is 37.7 Å². The molecule has 1 fully saturated rings. The normalized spacial score (nSPS) is 19.8. The highest BCUT2D eigenvalue weighted by atomic mass is 19.1. The minimum absolute atomic E-state index is 0.167. The van der Waals surface area contributed by atoms with Gasteiger partial charge in [0.2, 0.25) is 0 Å². The third kappa shape index (κ3) is 4.62. The van der Waals surface area contributed by atoms with Crippen LogP contribution in [0.3, 0.4) is 0 Å². The van der Waals surface area contributed by atoms with E-state index in [1.54, 1.807) is 21.9 Å². The van der Waals surface area contributed by atoms with Crippen LogP contribution in [0.1, 0.15) is 29.2 Å². The first-order chi connectivity index (χ1) is 15.8. The lowest BCUT2D eigenvalue weighted by Crippen LogP contribution is -3.28. The van der Waals surface area contributed by atoms with E-state index in [1.165, 1.54) is 53.6 Å². The van der Waals surface area contributed by atoms with Gasteiger partial charge in [-0.3, -0.25) is 0 Å². The van der Waals surface area contributed by atoms with Crippen molar-refractivity contribution in [3.05, 3.63) is 108 Å². The van der Waals surface area contributed by atoms with Crippen molar-refractivity contribution in [2.24, 2.45) is 0 Å². The molecule has 3 aromatic carbocycles. The van der Waals surface area contributed by atoms with Crippen LogP contribution in [0.4, 0.5) is 4.39 Å². The van der Waals surface area contributed by atoms with Gasteiger partial charge in [0.1, 0.15) is 38.0 Å². The number of nitrogens with one attached hydrogen (secondary N) is 3. The highest BCUT2D eigenvalue weighted by Gasteiger charge is 2.31. The summed E-state index contributed by atoms with van der Waals surface area (Å²) in [5.41, 5.74) is 5.19. The molecule has 1 saturated heterocycles. The number of aromatic nitrogens is 1. The molecular weight excluding hydrogens is 397 g/mol. The van der Waals surface area contributed by atoms with Crippen molar-refractivity contribution in [3.63, 3.8) is 0 Å². The molecule has 32 heavy (non-hydrogen) atoms. The molecule has 5 rings (SSSR count). The fraction of sp³-hybridized carbons (Fsp3) is 0.286. The molecule has 0 saturated carbocycles. The first-order valence-electron chi connectivity index (χ1n) is 11.8. The van der Waals surface area contributed by atoms with Gasteiger partial charge >= 0.3 is 0 Å². The Bertz CT molecular complexity index is 1130. The quantitative estimate of drug-likeness (QED) is 0.403. The highest BCUT2D eigenvalue weighted by Crippen LogP contribution is 2.20. The molecule has 3 nitrogen and oxygen atoms in total. The summed E-state index contributed by atoms with van der Waals surface area (Å²) >= 11 is 0. The number of piperazine rings is 1. The molecule has 0 spiro atoms. The van der Waals surface area contributed by atoms with E-state index in [4.69, 9.17) is 0 Å². The predicted octanol–water partition coefficient (Wildman–Crippen LogP) is 2.81. The van der Waals surface area contributed by atoms with Crippen LogP contribution in [0, 0.1) is 5.82 Å². The van der Waals surface area contributed by atoms with Gasteiger partial charge in [-0.05, 0) is 42.3 Å². The largest absolute Gasteiger partial charge is 0.361 e. The third-order valence-electron chi connectivity index (χ3n) is 7.00. The zero-order valence-electron chi connectivity index (χ0n) is 18.5. The summed E-state index contributed by atoms with van der Waals surface area (Å²) in [7, 11) is 0. The van der Waals surface area contributed by atoms with E-state index in [-0.39, 0.29) is 11.9 Å². The summed E-state index contributed by atoms with van der Waals surface area (Å²) in [4.78, 5) is 6.69. The van der Waals surface area contributed by atoms with Crippen molar-refractivity contribution >= 4 is 10.9 Å². The number of fused-ring (bicyclic) bond motifs is 1. The fourth-order valence-electron chi connectivity index (χ4n) is 5.30. The molecule has 4 heteroatoms. The number of quaternary nitrogens is 2. The highest BCUT2D eigenvalue weighted by molar-refractivity contribution is 5.82. The van der Waals surface area contributed by atoms with Gasteiger partial charge in [-0.25, -0.2) is 4.39 Å². The smallest absolute Gasteiger partial charge is 0.139 e. The lowest BCUT2D eigenvalue weighted by molar-refractivity contribution is -1.02. The molecule has 0 unspecified atom stereocenters. The van der Waals surface area contributed by atoms with Gasteiger partial charge in [-0.1, -0.05) is 48.5 Å². The summed E-state index contributed by atoms with van der Waals surface area (Å²) in [5.74, 6) is -0.167. The number of hydrogen-bond acceptors (Lipinski definition) is 0. The average Bonchev–Trinajstić information content (AvgIpc) is 3.25. The molecule has 0 bridgehead atoms. The Morgan fingerprint density at radius 3 is 2.25 bits per heavy atom. The number of aromatic amines is 1. The van der Waals surface area contributed by atoms with Gasteiger partial charge < -0.3 is 14.8 Å². The third-order valence-corrected chi connectivity index (χ3v) is 7.00. The summed E-state index contributed by atoms with van der Waals surface area (Å²) in [6, 6.07) is 26.7. The maximum Gasteiger partial charge on any atom is 0.139 e. The standard InChI is InChI=1S/C28H30FN3/c29-25-14-12-23(13-15-25)28(22-7-2-1-3-8-22)32-19-17-31(18-20-32)16-6-9-24-21-30-27-11-5-4-10-26(24)27/h1-5,7-8,10-15,21,28,30H,6,9,16-20H2/p+2/t28-/m0/s1. The van der Waals surface area contributed by atoms with E-state index >= 15 is 0 Å². The van der Waals surface area contributed by atoms with E-state index in [0.29, 0.717) is 0 Å². The van der Waals surface area contributed by atoms with Crippen LogP contribution < -0.4 is 9.80 Å². The SMILES string of the molecule is Fc1ccc([C@H](c2ccccc2)[NH+]2CC[NH+](CCCc3c[nH]c4ccccc34)CC2)cc1. The molecule has 0 amide bonds. The zero-order valence-corrected chi connectivity index (χ0v) is 18.5. The van der Waals surface area contributed by atoms with Crippen molar-refractivity contribution in [1.82, 2.24) is 4.98 Å². The van der Waals surface area contributed by atoms with Crippen LogP contribution in [0.15, 0.2) is 85.1 Å². The maximum atomic E-state index is 13.5. The van der Waals surface area contributed by atoms with E-state index < -0.39 is 0 Å². The van der Waals surface area contributed by atoms with Gasteiger partial charge in [0.05, 0.1) is 6.54 Å². The summed E-state index contributed by atoms with van der Waals surface area (Å²) < 4.78 is 13.5. The second-order valence-electron chi connectivity index (χ2n) is 9.02. The molecule has 3 N–H and O–H groups in total. The molecule has 1 aliphatic heterocycles. The summed E-state index contributed by atoms with van der Waals surface area (Å²) in [5, 5.41) is 1.36. The number of H-pyrrole nitrogens is 1. The second kappa shape index (κ2) is 9.68. The molecule has 1 atom stereocenters. The van der Waals surface area contributed by atoms with Gasteiger partial charge in [-0.2, -0.15) is 0 Å². The minimum Gasteiger partial charge on any atom is -0.361 e. The van der Waals surface area contributed by atoms with Crippen molar-refractivity contribution < 1.29 is 14.2 Å². The number of hydrogen-bond donors (Lipinski definition) is 3. The number of rotatable bonds is 7. The first-order valence-corrected chi connectivity index (χ1v) is 11.8. The molecule has 0 aliphatic carbocycles. The first kappa shape index (κ1) is 20.9. The Hall–Kier alpha value is -2.95. The number of aryl methyl sites for hydroxylation is 1. The fourth-order valence-corrected chi connectivity index (χ4v) is 5.30. The van der Waals surface area contributed by atoms with E-state index in [1.807, 2.05) is 12.1 Å². The summed E-state index contributed by atoms with van der Waals surface area (Å²) in [6.45, 7) is 5.87. The van der Waals surface area contributed by atoms with E-state index in [0.717, 1.165) is 19.5 Å². The van der Waals surface area contributed by atoms with Crippen molar-refractivity contribution in [2.45, 2.75) is 18.9 Å². The zero-order chi connectivity index (χ0) is 21.8. The van der Waals surface area contributed by atoms with Crippen LogP contribution in [0.5, 0.6) is 0 Å². The Morgan fingerprint density at radius 1 is 0.781 bits per heavy atom. The molecule has 1 aromatic heterocycles. The van der Waals surface area contributed by atoms with Crippen LogP contribution in [0.25, 0.3) is 10.9 Å². The number of halogens is 1. The van der Waals surface area contributed by atoms with Crippen LogP contribution in [0.2, 0.25) is 0 Å². The molecule has 4 aromatic rings. The average molecular weight is 430 g/mol. The monoisotopic (exact) mass is 429 g/mol. The van der Waals surface area contributed by atoms with Gasteiger partial charge in [0, 0.05) is 34.6 Å². The summed E-state index contributed by atoms with van der Waals surface area (Å²) in [6.07, 6.45) is 4.52. The number of benzene rings is 3. The lowest BCUT2D eigenvalue weighted by Gasteiger charge is -2.35. The Morgan fingerprint density at radius 2 is 1.47 bits per heavy atom. The molecule has 1 aliphatic rings. The number of para-hydroxylation sites is 1. The molecular formula is C28H32FN3+2. The Kier molecular flexibility index (Phi) is 6.33. The predicted molar refractivity (Wildman–Crippen MR) is 128 cm³/mol. The second-order valence-corrected chi connectivity index (χ2v) is 9.02. The van der Waals surface area contributed by atoms with Gasteiger partial charge in [-0.15, -0.1) is 0 Å². The minimum atomic E-state index is -0.167. The van der Waals surface area contributed by atoms with Crippen molar-refractivity contribution in [3.8, 4) is 0 Å². The van der Waals surface area contributed by atoms with Crippen molar-refractivity contribution in [2.75, 3.05) is 32.7 Å². The van der Waals surface area contributed by atoms with Crippen LogP contribution in [-0.2, 0) is 6.42 Å². The topological polar surface area (TPSA) is 24.7 Å². The lowest BCUT2D eigenvalue weighted by atomic mass is 9.96.